The van der Waals surface area contributed by atoms with Gasteiger partial charge in [0.25, 0.3) is 0 Å². The Morgan fingerprint density at radius 3 is 2.55 bits per heavy atom. The third-order valence-electron chi connectivity index (χ3n) is 1.24. The van der Waals surface area contributed by atoms with Gasteiger partial charge in [-0.15, -0.1) is 0 Å². The van der Waals surface area contributed by atoms with Gasteiger partial charge in [0.05, 0.1) is 0 Å². The van der Waals surface area contributed by atoms with Crippen molar-refractivity contribution >= 4 is 10.8 Å². The molecule has 0 aromatic rings. The third-order valence-corrected chi connectivity index (χ3v) is 2.63. The molecule has 0 heterocycles. The Morgan fingerprint density at radius 2 is 2.09 bits per heavy atom. The summed E-state index contributed by atoms with van der Waals surface area (Å²) in [5.41, 5.74) is 6.54. The smallest absolute Gasteiger partial charge is 0.0357 e. The van der Waals surface area contributed by atoms with Gasteiger partial charge >= 0.3 is 0 Å². The summed E-state index contributed by atoms with van der Waals surface area (Å²) >= 11 is 0. The Kier molecular flexibility index (Phi) is 6.46. The predicted molar refractivity (Wildman–Crippen MR) is 51.0 cm³/mol. The van der Waals surface area contributed by atoms with E-state index in [9.17, 15) is 4.21 Å². The Morgan fingerprint density at radius 1 is 1.45 bits per heavy atom. The average Bonchev–Trinajstić information content (AvgIpc) is 1.87. The minimum Gasteiger partial charge on any atom is -0.330 e. The summed E-state index contributed by atoms with van der Waals surface area (Å²) < 4.78 is 11.0. The van der Waals surface area contributed by atoms with Crippen molar-refractivity contribution in [1.29, 1.82) is 0 Å². The lowest BCUT2D eigenvalue weighted by molar-refractivity contribution is 0.682. The Hall–Kier alpha value is -0.150. The lowest BCUT2D eigenvalue weighted by atomic mass is 10.3. The normalized spacial score (nSPS) is 12.6. The van der Waals surface area contributed by atoms with E-state index in [0.717, 1.165) is 12.2 Å². The first kappa shape index (κ1) is 10.8. The molecule has 0 aromatic heterocycles. The molecule has 0 fully saturated rings. The first-order valence-electron chi connectivity index (χ1n) is 3.85. The molecule has 0 rings (SSSR count). The quantitative estimate of drug-likeness (QED) is 0.635. The number of hydrogen-bond acceptors (Lipinski definition) is 2. The second-order valence-electron chi connectivity index (χ2n) is 2.71. The Balaban J connectivity index is 3.39. The van der Waals surface area contributed by atoms with E-state index in [-0.39, 0.29) is 0 Å². The van der Waals surface area contributed by atoms with Crippen molar-refractivity contribution in [1.82, 2.24) is 0 Å². The van der Waals surface area contributed by atoms with E-state index < -0.39 is 10.8 Å². The van der Waals surface area contributed by atoms with Gasteiger partial charge in [-0.05, 0) is 20.3 Å². The fraction of sp³-hybridized carbons (Fsp3) is 0.750. The van der Waals surface area contributed by atoms with Crippen LogP contribution in [0.3, 0.4) is 0 Å². The van der Waals surface area contributed by atoms with Crippen LogP contribution in [-0.4, -0.2) is 22.3 Å². The van der Waals surface area contributed by atoms with Gasteiger partial charge in [0, 0.05) is 28.9 Å². The molecule has 3 heteroatoms. The summed E-state index contributed by atoms with van der Waals surface area (Å²) in [5, 5.41) is 0. The number of nitrogens with two attached hydrogens (primary N) is 1. The van der Waals surface area contributed by atoms with Crippen molar-refractivity contribution in [3.8, 4) is 0 Å². The zero-order chi connectivity index (χ0) is 8.69. The van der Waals surface area contributed by atoms with Crippen LogP contribution in [0.4, 0.5) is 0 Å². The van der Waals surface area contributed by atoms with Crippen molar-refractivity contribution < 1.29 is 4.21 Å². The zero-order valence-corrected chi connectivity index (χ0v) is 8.12. The first-order chi connectivity index (χ1) is 5.16. The highest BCUT2D eigenvalue weighted by Gasteiger charge is 1.94. The summed E-state index contributed by atoms with van der Waals surface area (Å²) in [6, 6.07) is 0. The molecule has 0 aliphatic rings. The molecule has 2 nitrogen and oxygen atoms in total. The lowest BCUT2D eigenvalue weighted by Crippen LogP contribution is -2.12. The number of allylic oxidation sites excluding steroid dienone is 2. The van der Waals surface area contributed by atoms with Crippen LogP contribution in [0.2, 0.25) is 0 Å². The molecule has 66 valence electrons. The summed E-state index contributed by atoms with van der Waals surface area (Å²) in [6.07, 6.45) is 3.02. The molecule has 0 radical (unpaired) electrons. The monoisotopic (exact) mass is 175 g/mol. The van der Waals surface area contributed by atoms with Crippen LogP contribution in [0.25, 0.3) is 0 Å². The maximum absolute atomic E-state index is 11.0. The number of hydrogen-bond donors (Lipinski definition) is 1. The molecule has 1 atom stereocenters. The molecule has 0 saturated heterocycles. The van der Waals surface area contributed by atoms with Crippen LogP contribution in [0.15, 0.2) is 11.6 Å². The van der Waals surface area contributed by atoms with Gasteiger partial charge in [0.1, 0.15) is 0 Å². The van der Waals surface area contributed by atoms with Gasteiger partial charge in [-0.25, -0.2) is 0 Å². The van der Waals surface area contributed by atoms with Crippen LogP contribution in [0, 0.1) is 0 Å². The topological polar surface area (TPSA) is 43.1 Å². The summed E-state index contributed by atoms with van der Waals surface area (Å²) in [7, 11) is -0.706. The minimum absolute atomic E-state index is 0.529. The number of rotatable bonds is 5. The average molecular weight is 175 g/mol. The minimum atomic E-state index is -0.706. The fourth-order valence-corrected chi connectivity index (χ4v) is 1.56. The summed E-state index contributed by atoms with van der Waals surface area (Å²) in [6.45, 7) is 4.62. The fourth-order valence-electron chi connectivity index (χ4n) is 0.713. The maximum Gasteiger partial charge on any atom is 0.0357 e. The molecule has 0 amide bonds. The van der Waals surface area contributed by atoms with E-state index in [1.54, 1.807) is 0 Å². The highest BCUT2D eigenvalue weighted by molar-refractivity contribution is 7.85. The van der Waals surface area contributed by atoms with Crippen molar-refractivity contribution in [3.05, 3.63) is 11.6 Å². The van der Waals surface area contributed by atoms with Gasteiger partial charge in [0.15, 0.2) is 0 Å². The van der Waals surface area contributed by atoms with Crippen molar-refractivity contribution in [2.45, 2.75) is 20.3 Å². The van der Waals surface area contributed by atoms with Crippen LogP contribution >= 0.6 is 0 Å². The molecule has 0 saturated carbocycles. The largest absolute Gasteiger partial charge is 0.330 e. The standard InChI is InChI=1S/C8H17NOS/c1-8(2)4-3-6-11(10)7-5-9/h4H,3,5-7,9H2,1-2H3. The molecule has 1 unspecified atom stereocenters. The molecule has 2 N–H and O–H groups in total. The van der Waals surface area contributed by atoms with Crippen LogP contribution < -0.4 is 5.73 Å². The summed E-state index contributed by atoms with van der Waals surface area (Å²) in [5.74, 6) is 1.39. The van der Waals surface area contributed by atoms with Crippen LogP contribution in [-0.2, 0) is 10.8 Å². The van der Waals surface area contributed by atoms with Crippen LogP contribution in [0.5, 0.6) is 0 Å². The van der Waals surface area contributed by atoms with Crippen molar-refractivity contribution in [2.24, 2.45) is 5.73 Å². The van der Waals surface area contributed by atoms with E-state index in [4.69, 9.17) is 5.73 Å². The molecule has 0 aliphatic heterocycles. The highest BCUT2D eigenvalue weighted by Crippen LogP contribution is 1.94. The van der Waals surface area contributed by atoms with Crippen LogP contribution in [0.1, 0.15) is 20.3 Å². The second-order valence-corrected chi connectivity index (χ2v) is 4.40. The Labute approximate surface area is 71.3 Å². The van der Waals surface area contributed by atoms with Gasteiger partial charge in [-0.2, -0.15) is 0 Å². The van der Waals surface area contributed by atoms with E-state index in [2.05, 4.69) is 6.08 Å². The second kappa shape index (κ2) is 6.55. The molecular formula is C8H17NOS. The molecule has 0 aliphatic carbocycles. The van der Waals surface area contributed by atoms with E-state index in [1.165, 1.54) is 5.57 Å². The molecule has 0 bridgehead atoms. The van der Waals surface area contributed by atoms with Crippen molar-refractivity contribution in [3.63, 3.8) is 0 Å². The lowest BCUT2D eigenvalue weighted by Gasteiger charge is -1.96. The molecule has 0 spiro atoms. The van der Waals surface area contributed by atoms with E-state index in [1.807, 2.05) is 13.8 Å². The van der Waals surface area contributed by atoms with Gasteiger partial charge in [-0.3, -0.25) is 4.21 Å². The molecule has 0 aromatic carbocycles. The van der Waals surface area contributed by atoms with Gasteiger partial charge in [-0.1, -0.05) is 11.6 Å². The zero-order valence-electron chi connectivity index (χ0n) is 7.30. The predicted octanol–water partition coefficient (Wildman–Crippen LogP) is 1.05. The van der Waals surface area contributed by atoms with E-state index >= 15 is 0 Å². The third kappa shape index (κ3) is 7.75. The van der Waals surface area contributed by atoms with E-state index in [0.29, 0.717) is 12.3 Å². The molecular weight excluding hydrogens is 158 g/mol. The molecule has 11 heavy (non-hydrogen) atoms. The van der Waals surface area contributed by atoms with Crippen molar-refractivity contribution in [2.75, 3.05) is 18.1 Å². The Bertz CT molecular complexity index is 150. The summed E-state index contributed by atoms with van der Waals surface area (Å²) in [4.78, 5) is 0. The highest BCUT2D eigenvalue weighted by atomic mass is 32.2. The maximum atomic E-state index is 11.0. The SMILES string of the molecule is CC(C)=CCCS(=O)CCN. The van der Waals surface area contributed by atoms with Gasteiger partial charge < -0.3 is 5.73 Å². The van der Waals surface area contributed by atoms with Gasteiger partial charge in [0.2, 0.25) is 0 Å². The first-order valence-corrected chi connectivity index (χ1v) is 5.34.